The van der Waals surface area contributed by atoms with Gasteiger partial charge in [-0.25, -0.2) is 27.9 Å². The Balaban J connectivity index is 0.778. The first-order valence-corrected chi connectivity index (χ1v) is 25.5. The molecule has 2 bridgehead atoms. The van der Waals surface area contributed by atoms with Gasteiger partial charge in [-0.2, -0.15) is 0 Å². The Morgan fingerprint density at radius 1 is 1.00 bits per heavy atom. The van der Waals surface area contributed by atoms with Crippen molar-refractivity contribution in [3.05, 3.63) is 76.6 Å². The second-order valence-corrected chi connectivity index (χ2v) is 21.2. The number of piperidine rings is 1. The molecule has 1 aliphatic carbocycles. The van der Waals surface area contributed by atoms with Gasteiger partial charge in [0.1, 0.15) is 22.8 Å². The van der Waals surface area contributed by atoms with E-state index in [0.29, 0.717) is 69.2 Å². The quantitative estimate of drug-likeness (QED) is 0.0407. The number of anilines is 2. The number of ether oxygens (including phenoxy) is 5. The van der Waals surface area contributed by atoms with Crippen LogP contribution >= 0.6 is 0 Å². The van der Waals surface area contributed by atoms with E-state index in [2.05, 4.69) is 44.1 Å². The van der Waals surface area contributed by atoms with E-state index < -0.39 is 55.4 Å². The van der Waals surface area contributed by atoms with Crippen LogP contribution in [0.2, 0.25) is 0 Å². The number of sulfonamides is 1. The van der Waals surface area contributed by atoms with Crippen LogP contribution in [0.15, 0.2) is 65.8 Å². The van der Waals surface area contributed by atoms with Crippen molar-refractivity contribution in [2.45, 2.75) is 107 Å². The van der Waals surface area contributed by atoms with Gasteiger partial charge in [-0.05, 0) is 106 Å². The molecule has 7 aliphatic rings. The van der Waals surface area contributed by atoms with Gasteiger partial charge in [0.05, 0.1) is 28.2 Å². The van der Waals surface area contributed by atoms with Crippen molar-refractivity contribution in [1.29, 1.82) is 0 Å². The lowest BCUT2D eigenvalue weighted by molar-refractivity contribution is -0.577. The fourth-order valence-electron chi connectivity index (χ4n) is 11.3. The van der Waals surface area contributed by atoms with Gasteiger partial charge in [0.15, 0.2) is 18.2 Å². The summed E-state index contributed by atoms with van der Waals surface area (Å²) in [7, 11) is -4.57. The van der Waals surface area contributed by atoms with Crippen LogP contribution in [-0.2, 0) is 38.7 Å². The topological polar surface area (TPSA) is 227 Å². The predicted octanol–water partition coefficient (Wildman–Crippen LogP) is 7.00. The number of amides is 1. The molecule has 8 heterocycles. The second kappa shape index (κ2) is 19.1. The highest BCUT2D eigenvalue weighted by Gasteiger charge is 2.69. The first kappa shape index (κ1) is 46.8. The summed E-state index contributed by atoms with van der Waals surface area (Å²) < 4.78 is 60.7. The first-order valence-electron chi connectivity index (χ1n) is 24.0. The van der Waals surface area contributed by atoms with Gasteiger partial charge in [0.25, 0.3) is 21.6 Å². The molecular weight excluding hydrogens is 899 g/mol. The number of pyridine rings is 1. The van der Waals surface area contributed by atoms with Crippen molar-refractivity contribution in [3.8, 4) is 11.5 Å². The number of hydrogen-bond donors (Lipinski definition) is 4. The van der Waals surface area contributed by atoms with Crippen LogP contribution in [0.3, 0.4) is 0 Å². The van der Waals surface area contributed by atoms with Gasteiger partial charge in [-0.3, -0.25) is 14.9 Å². The molecule has 1 spiro atoms. The largest absolute Gasteiger partial charge is 0.455 e. The number of hydrogen-bond acceptors (Lipinski definition) is 16. The van der Waals surface area contributed by atoms with Crippen LogP contribution < -0.4 is 25.0 Å². The maximum atomic E-state index is 13.9. The van der Waals surface area contributed by atoms with Crippen molar-refractivity contribution in [2.75, 3.05) is 56.2 Å². The number of nitro benzene ring substituents is 1. The van der Waals surface area contributed by atoms with Gasteiger partial charge >= 0.3 is 0 Å². The number of nitrogens with zero attached hydrogens (tertiary/aromatic N) is 3. The Morgan fingerprint density at radius 2 is 1.82 bits per heavy atom. The summed E-state index contributed by atoms with van der Waals surface area (Å²) in [6, 6.07) is 12.4. The Kier molecular flexibility index (Phi) is 13.1. The van der Waals surface area contributed by atoms with E-state index in [1.807, 2.05) is 13.0 Å². The standard InChI is InChI=1S/C48H61N7O12S/c1-29-4-8-39-30(2)45(64-46-48(39)38(29)10-16-47(3,65-46)66-67-48)62-23-18-49-33-12-19-54(20-13-33)34-5-7-37(42(25-34)63-35-24-32-11-17-50-43(32)52-28-35)44(56)53-68(59,60)36-6-9-40(41(26-36)55(57)58)51-27-31-14-21-61-22-15-31/h5-7,9,11,17,24-26,28-31,33,38-39,45-46,49,51H,4,8,10,12-16,18-23,27H2,1-3H3,(H,50,52)(H,53,56)/t29-,30-,38+,39+,45?,46-,47-,48-/m1/s1. The summed E-state index contributed by atoms with van der Waals surface area (Å²) in [6.45, 7) is 10.7. The van der Waals surface area contributed by atoms with Crippen molar-refractivity contribution >= 4 is 44.0 Å². The number of aromatic amines is 1. The molecule has 11 rings (SSSR count). The van der Waals surface area contributed by atoms with E-state index >= 15 is 0 Å². The van der Waals surface area contributed by atoms with Gasteiger partial charge in [0, 0.05) is 93.1 Å². The summed E-state index contributed by atoms with van der Waals surface area (Å²) in [4.78, 5) is 46.9. The number of rotatable bonds is 15. The smallest absolute Gasteiger partial charge is 0.293 e. The fourth-order valence-corrected chi connectivity index (χ4v) is 12.3. The lowest BCUT2D eigenvalue weighted by Crippen LogP contribution is -2.70. The number of benzene rings is 2. The molecule has 68 heavy (non-hydrogen) atoms. The van der Waals surface area contributed by atoms with Gasteiger partial charge in [0.2, 0.25) is 5.79 Å². The van der Waals surface area contributed by atoms with Crippen molar-refractivity contribution in [2.24, 2.45) is 29.6 Å². The summed E-state index contributed by atoms with van der Waals surface area (Å²) in [5.74, 6) is -0.0122. The van der Waals surface area contributed by atoms with Crippen LogP contribution in [0.1, 0.15) is 82.5 Å². The average Bonchev–Trinajstić information content (AvgIpc) is 3.69. The van der Waals surface area contributed by atoms with Crippen molar-refractivity contribution < 1.29 is 51.6 Å². The highest BCUT2D eigenvalue weighted by molar-refractivity contribution is 7.90. The second-order valence-electron chi connectivity index (χ2n) is 19.5. The van der Waals surface area contributed by atoms with E-state index in [-0.39, 0.29) is 40.8 Å². The van der Waals surface area contributed by atoms with Gasteiger partial charge < -0.3 is 44.2 Å². The third-order valence-corrected chi connectivity index (χ3v) is 16.5. The number of carbonyl (C=O) groups is 1. The summed E-state index contributed by atoms with van der Waals surface area (Å²) in [5, 5.41) is 19.7. The molecule has 2 aromatic carbocycles. The number of carbonyl (C=O) groups excluding carboxylic acids is 1. The minimum Gasteiger partial charge on any atom is -0.455 e. The minimum atomic E-state index is -4.57. The molecule has 1 amide bonds. The monoisotopic (exact) mass is 959 g/mol. The van der Waals surface area contributed by atoms with Gasteiger partial charge in [-0.1, -0.05) is 13.8 Å². The molecule has 6 saturated heterocycles. The van der Waals surface area contributed by atoms with E-state index in [9.17, 15) is 23.3 Å². The molecular formula is C48H61N7O12S. The zero-order chi connectivity index (χ0) is 47.2. The normalized spacial score (nSPS) is 29.8. The van der Waals surface area contributed by atoms with Crippen LogP contribution in [0.5, 0.6) is 11.5 Å². The molecule has 20 heteroatoms. The molecule has 2 aromatic heterocycles. The van der Waals surface area contributed by atoms with Crippen LogP contribution in [-0.4, -0.2) is 105 Å². The molecule has 366 valence electrons. The maximum absolute atomic E-state index is 13.9. The highest BCUT2D eigenvalue weighted by atomic mass is 32.2. The molecule has 8 atom stereocenters. The predicted molar refractivity (Wildman–Crippen MR) is 248 cm³/mol. The average molecular weight is 960 g/mol. The number of H-pyrrole nitrogens is 1. The van der Waals surface area contributed by atoms with Crippen LogP contribution in [0.25, 0.3) is 11.0 Å². The minimum absolute atomic E-state index is 0.0512. The molecule has 1 saturated carbocycles. The molecule has 4 aromatic rings. The number of fused-ring (bicyclic) bond motifs is 3. The Morgan fingerprint density at radius 3 is 2.63 bits per heavy atom. The number of aromatic nitrogens is 2. The van der Waals surface area contributed by atoms with E-state index in [0.717, 1.165) is 68.5 Å². The lowest BCUT2D eigenvalue weighted by Gasteiger charge is -2.60. The zero-order valence-electron chi connectivity index (χ0n) is 38.6. The highest BCUT2D eigenvalue weighted by Crippen LogP contribution is 2.60. The molecule has 19 nitrogen and oxygen atoms in total. The lowest BCUT2D eigenvalue weighted by atomic mass is 9.58. The number of nitrogens with one attached hydrogen (secondary N) is 4. The Hall–Kier alpha value is -4.93. The maximum Gasteiger partial charge on any atom is 0.293 e. The molecule has 6 aliphatic heterocycles. The Labute approximate surface area is 395 Å². The van der Waals surface area contributed by atoms with Crippen LogP contribution in [0, 0.1) is 39.7 Å². The van der Waals surface area contributed by atoms with Crippen LogP contribution in [0.4, 0.5) is 17.1 Å². The number of nitro groups is 1. The fraction of sp³-hybridized carbons (Fsp3) is 0.583. The van der Waals surface area contributed by atoms with E-state index in [1.54, 1.807) is 24.4 Å². The third kappa shape index (κ3) is 9.28. The zero-order valence-corrected chi connectivity index (χ0v) is 39.5. The first-order chi connectivity index (χ1) is 32.8. The molecule has 4 N–H and O–H groups in total. The van der Waals surface area contributed by atoms with Crippen molar-refractivity contribution in [3.63, 3.8) is 0 Å². The Bertz CT molecular complexity index is 2600. The SMILES string of the molecule is C[C@@H]1CC[C@H]2[C@@H](C)C(OCCNC3CCN(c4ccc(C(=O)NS(=O)(=O)c5ccc(NCC6CCOCC6)c([N+](=O)[O-])c5)c(Oc5cnc6[nH]ccc6c5)c4)CC3)O[C@@H]3O[C@@]4(C)CC[C@@H]1[C@]32OO4. The van der Waals surface area contributed by atoms with E-state index in [4.69, 9.17) is 33.5 Å². The summed E-state index contributed by atoms with van der Waals surface area (Å²) in [6.07, 6.45) is 9.48. The molecule has 1 unspecified atom stereocenters. The summed E-state index contributed by atoms with van der Waals surface area (Å²) >= 11 is 0. The third-order valence-electron chi connectivity index (χ3n) is 15.2. The molecule has 0 radical (unpaired) electrons. The van der Waals surface area contributed by atoms with Gasteiger partial charge in [-0.15, -0.1) is 0 Å². The molecule has 7 fully saturated rings. The summed E-state index contributed by atoms with van der Waals surface area (Å²) in [5.41, 5.74) is 0.528. The van der Waals surface area contributed by atoms with Crippen molar-refractivity contribution in [1.82, 2.24) is 20.0 Å². The van der Waals surface area contributed by atoms with E-state index in [1.165, 1.54) is 24.4 Å².